The Morgan fingerprint density at radius 3 is 2.71 bits per heavy atom. The minimum Gasteiger partial charge on any atom is -0.350 e. The number of hydrogen-bond donors (Lipinski definition) is 1. The van der Waals surface area contributed by atoms with Crippen LogP contribution in [0.3, 0.4) is 0 Å². The molecule has 9 heteroatoms. The van der Waals surface area contributed by atoms with Gasteiger partial charge in [-0.3, -0.25) is 4.99 Å². The highest BCUT2D eigenvalue weighted by Crippen LogP contribution is 2.19. The number of aliphatic imine (C=N–C) groups is 1. The molecule has 1 N–H and O–H groups in total. The van der Waals surface area contributed by atoms with Crippen LogP contribution in [0.1, 0.15) is 22.6 Å². The summed E-state index contributed by atoms with van der Waals surface area (Å²) in [5, 5.41) is 5.54. The van der Waals surface area contributed by atoms with Crippen LogP contribution in [0.15, 0.2) is 11.2 Å². The van der Waals surface area contributed by atoms with Crippen molar-refractivity contribution in [2.24, 2.45) is 4.99 Å². The third-order valence-electron chi connectivity index (χ3n) is 3.90. The summed E-state index contributed by atoms with van der Waals surface area (Å²) in [6.07, 6.45) is 2.80. The Morgan fingerprint density at radius 2 is 2.12 bits per heavy atom. The fourth-order valence-corrected chi connectivity index (χ4v) is 4.12. The second-order valence-corrected chi connectivity index (χ2v) is 7.64. The number of guanidine groups is 1. The number of thiazole rings is 1. The highest BCUT2D eigenvalue weighted by Gasteiger charge is 2.22. The zero-order valence-corrected chi connectivity index (χ0v) is 16.0. The predicted octanol–water partition coefficient (Wildman–Crippen LogP) is 1.76. The molecule has 1 aliphatic heterocycles. The summed E-state index contributed by atoms with van der Waals surface area (Å²) in [7, 11) is 1.83. The normalized spacial score (nSPS) is 15.9. The van der Waals surface area contributed by atoms with Crippen molar-refractivity contribution in [3.63, 3.8) is 0 Å². The molecule has 7 nitrogen and oxygen atoms in total. The van der Waals surface area contributed by atoms with Crippen molar-refractivity contribution in [2.45, 2.75) is 26.8 Å². The molecule has 0 radical (unpaired) electrons. The lowest BCUT2D eigenvalue weighted by molar-refractivity contribution is 0.372. The van der Waals surface area contributed by atoms with E-state index in [-0.39, 0.29) is 0 Å². The van der Waals surface area contributed by atoms with E-state index in [9.17, 15) is 0 Å². The van der Waals surface area contributed by atoms with Gasteiger partial charge in [-0.15, -0.1) is 11.3 Å². The Morgan fingerprint density at radius 1 is 1.33 bits per heavy atom. The van der Waals surface area contributed by atoms with Crippen molar-refractivity contribution in [2.75, 3.05) is 38.1 Å². The summed E-state index contributed by atoms with van der Waals surface area (Å²) >= 11 is 3.22. The van der Waals surface area contributed by atoms with Crippen molar-refractivity contribution in [1.29, 1.82) is 0 Å². The number of piperazine rings is 1. The Labute approximate surface area is 150 Å². The van der Waals surface area contributed by atoms with Crippen molar-refractivity contribution < 1.29 is 0 Å². The first-order valence-corrected chi connectivity index (χ1v) is 9.73. The molecule has 1 saturated heterocycles. The van der Waals surface area contributed by atoms with Gasteiger partial charge in [-0.05, 0) is 6.92 Å². The van der Waals surface area contributed by atoms with Crippen LogP contribution >= 0.6 is 22.9 Å². The average Bonchev–Trinajstić information content (AvgIpc) is 3.25. The number of anilines is 1. The third kappa shape index (κ3) is 4.02. The number of hydrogen-bond acceptors (Lipinski definition) is 7. The molecule has 0 saturated carbocycles. The monoisotopic (exact) mass is 365 g/mol. The first-order valence-electron chi connectivity index (χ1n) is 8.14. The maximum absolute atomic E-state index is 4.58. The maximum Gasteiger partial charge on any atom is 0.205 e. The summed E-state index contributed by atoms with van der Waals surface area (Å²) in [6, 6.07) is 0. The molecule has 1 aliphatic rings. The van der Waals surface area contributed by atoms with Crippen LogP contribution in [0.25, 0.3) is 0 Å². The third-order valence-corrected chi connectivity index (χ3v) is 5.63. The lowest BCUT2D eigenvalue weighted by atomic mass is 10.3. The molecular weight excluding hydrogens is 342 g/mol. The van der Waals surface area contributed by atoms with Gasteiger partial charge >= 0.3 is 0 Å². The largest absolute Gasteiger partial charge is 0.350 e. The van der Waals surface area contributed by atoms with Gasteiger partial charge in [0.05, 0.1) is 6.54 Å². The van der Waals surface area contributed by atoms with Crippen molar-refractivity contribution in [3.8, 4) is 0 Å². The Kier molecular flexibility index (Phi) is 5.62. The second kappa shape index (κ2) is 7.89. The van der Waals surface area contributed by atoms with E-state index < -0.39 is 0 Å². The van der Waals surface area contributed by atoms with Gasteiger partial charge in [0.1, 0.15) is 10.8 Å². The number of nitrogens with zero attached hydrogens (tertiary/aromatic N) is 6. The lowest BCUT2D eigenvalue weighted by Crippen LogP contribution is -2.52. The maximum atomic E-state index is 4.58. The smallest absolute Gasteiger partial charge is 0.205 e. The molecule has 24 heavy (non-hydrogen) atoms. The van der Waals surface area contributed by atoms with Crippen molar-refractivity contribution in [1.82, 2.24) is 24.6 Å². The molecule has 0 atom stereocenters. The Balaban J connectivity index is 1.52. The predicted molar refractivity (Wildman–Crippen MR) is 100 cm³/mol. The van der Waals surface area contributed by atoms with Crippen LogP contribution in [-0.2, 0) is 13.0 Å². The molecule has 1 fully saturated rings. The van der Waals surface area contributed by atoms with Crippen molar-refractivity contribution >= 4 is 34.0 Å². The molecule has 0 unspecified atom stereocenters. The Hall–Kier alpha value is -1.74. The molecule has 2 aromatic rings. The number of aryl methyl sites for hydroxylation is 2. The summed E-state index contributed by atoms with van der Waals surface area (Å²) in [5.41, 5.74) is 0. The van der Waals surface area contributed by atoms with Crippen LogP contribution in [0, 0.1) is 6.92 Å². The number of nitrogens with one attached hydrogen (secondary N) is 1. The van der Waals surface area contributed by atoms with Gasteiger partial charge in [-0.2, -0.15) is 4.37 Å². The highest BCUT2D eigenvalue weighted by atomic mass is 32.1. The van der Waals surface area contributed by atoms with E-state index in [1.54, 1.807) is 11.3 Å². The molecule has 0 bridgehead atoms. The summed E-state index contributed by atoms with van der Waals surface area (Å²) < 4.78 is 4.38. The average molecular weight is 366 g/mol. The van der Waals surface area contributed by atoms with Crippen molar-refractivity contribution in [3.05, 3.63) is 21.9 Å². The van der Waals surface area contributed by atoms with Crippen LogP contribution in [-0.4, -0.2) is 58.4 Å². The fourth-order valence-electron chi connectivity index (χ4n) is 2.60. The molecule has 0 spiro atoms. The SMILES string of the molecule is CCc1nsc(N2CCN(C(=NC)NCc3ncc(C)s3)CC2)n1. The Bertz CT molecular complexity index is 686. The minimum atomic E-state index is 0.724. The summed E-state index contributed by atoms with van der Waals surface area (Å²) in [5.74, 6) is 1.88. The van der Waals surface area contributed by atoms with E-state index >= 15 is 0 Å². The van der Waals surface area contributed by atoms with Crippen LogP contribution in [0.2, 0.25) is 0 Å². The molecular formula is C15H23N7S2. The lowest BCUT2D eigenvalue weighted by Gasteiger charge is -2.36. The van der Waals surface area contributed by atoms with E-state index in [0.29, 0.717) is 0 Å². The molecule has 0 aliphatic carbocycles. The van der Waals surface area contributed by atoms with Gasteiger partial charge in [-0.25, -0.2) is 9.97 Å². The zero-order valence-electron chi connectivity index (χ0n) is 14.3. The molecule has 0 amide bonds. The summed E-state index contributed by atoms with van der Waals surface area (Å²) in [6.45, 7) is 8.62. The molecule has 3 rings (SSSR count). The minimum absolute atomic E-state index is 0.724. The number of rotatable bonds is 4. The van der Waals surface area contributed by atoms with Crippen LogP contribution in [0.4, 0.5) is 5.13 Å². The highest BCUT2D eigenvalue weighted by molar-refractivity contribution is 7.11. The fraction of sp³-hybridized carbons (Fsp3) is 0.600. The molecule has 2 aromatic heterocycles. The number of aromatic nitrogens is 3. The van der Waals surface area contributed by atoms with Crippen LogP contribution < -0.4 is 10.2 Å². The van der Waals surface area contributed by atoms with Crippen LogP contribution in [0.5, 0.6) is 0 Å². The first-order chi connectivity index (χ1) is 11.7. The summed E-state index contributed by atoms with van der Waals surface area (Å²) in [4.78, 5) is 19.2. The van der Waals surface area contributed by atoms with E-state index in [2.05, 4.69) is 48.3 Å². The molecule has 3 heterocycles. The molecule has 0 aromatic carbocycles. The second-order valence-electron chi connectivity index (χ2n) is 5.59. The van der Waals surface area contributed by atoms with Gasteiger partial charge < -0.3 is 15.1 Å². The quantitative estimate of drug-likeness (QED) is 0.658. The first kappa shape index (κ1) is 17.1. The van der Waals surface area contributed by atoms with E-state index in [0.717, 1.165) is 61.1 Å². The van der Waals surface area contributed by atoms with Gasteiger partial charge in [0.15, 0.2) is 5.96 Å². The van der Waals surface area contributed by atoms with E-state index in [1.807, 2.05) is 13.2 Å². The van der Waals surface area contributed by atoms with Gasteiger partial charge in [-0.1, -0.05) is 6.92 Å². The van der Waals surface area contributed by atoms with E-state index in [4.69, 9.17) is 0 Å². The van der Waals surface area contributed by atoms with Gasteiger partial charge in [0.2, 0.25) is 5.13 Å². The van der Waals surface area contributed by atoms with Gasteiger partial charge in [0.25, 0.3) is 0 Å². The standard InChI is InChI=1S/C15H23N7S2/c1-4-12-19-15(24-20-12)22-7-5-21(6-8-22)14(16-3)18-10-13-17-9-11(2)23-13/h9H,4-8,10H2,1-3H3,(H,16,18). The van der Waals surface area contributed by atoms with E-state index in [1.165, 1.54) is 16.4 Å². The molecule has 130 valence electrons. The zero-order chi connectivity index (χ0) is 16.9. The van der Waals surface area contributed by atoms with Gasteiger partial charge in [0, 0.05) is 62.3 Å². The topological polar surface area (TPSA) is 69.5 Å².